The average Bonchev–Trinajstić information content (AvgIpc) is 2.84. The fraction of sp³-hybridized carbons (Fsp3) is 0.0769. The average molecular weight is 490 g/mol. The zero-order valence-corrected chi connectivity index (χ0v) is 19.4. The first kappa shape index (κ1) is 23.8. The van der Waals surface area contributed by atoms with Gasteiger partial charge < -0.3 is 15.6 Å². The number of nitrogens with two attached hydrogens (primary N) is 1. The van der Waals surface area contributed by atoms with Crippen LogP contribution in [0.1, 0.15) is 21.5 Å². The van der Waals surface area contributed by atoms with Gasteiger partial charge in [0.05, 0.1) is 11.5 Å². The molecule has 9 heteroatoms. The van der Waals surface area contributed by atoms with E-state index in [2.05, 4.69) is 4.72 Å². The van der Waals surface area contributed by atoms with E-state index in [0.717, 1.165) is 16.3 Å². The number of carbonyl (C=O) groups is 1. The number of fused-ring (bicyclic) bond motifs is 1. The Hall–Kier alpha value is -4.37. The zero-order valence-electron chi connectivity index (χ0n) is 18.6. The van der Waals surface area contributed by atoms with Gasteiger partial charge in [-0.1, -0.05) is 54.6 Å². The minimum absolute atomic E-state index is 0.0183. The van der Waals surface area contributed by atoms with Crippen molar-refractivity contribution in [3.63, 3.8) is 0 Å². The molecule has 0 amide bonds. The molecule has 0 saturated heterocycles. The molecule has 0 saturated carbocycles. The molecule has 35 heavy (non-hydrogen) atoms. The molecule has 0 atom stereocenters. The quantitative estimate of drug-likeness (QED) is 0.205. The molecule has 8 nitrogen and oxygen atoms in total. The lowest BCUT2D eigenvalue weighted by Crippen LogP contribution is -2.14. The van der Waals surface area contributed by atoms with Crippen molar-refractivity contribution >= 4 is 38.3 Å². The fourth-order valence-electron chi connectivity index (χ4n) is 3.56. The van der Waals surface area contributed by atoms with Gasteiger partial charge in [0.25, 0.3) is 10.0 Å². The molecule has 4 aromatic carbocycles. The molecule has 0 radical (unpaired) electrons. The van der Waals surface area contributed by atoms with Gasteiger partial charge in [-0.3, -0.25) is 10.1 Å². The number of hydrogen-bond acceptors (Lipinski definition) is 5. The van der Waals surface area contributed by atoms with Crippen molar-refractivity contribution in [1.29, 1.82) is 5.41 Å². The van der Waals surface area contributed by atoms with Crippen LogP contribution >= 0.6 is 0 Å². The highest BCUT2D eigenvalue weighted by molar-refractivity contribution is 7.92. The van der Waals surface area contributed by atoms with Gasteiger partial charge in [0, 0.05) is 17.7 Å². The third-order valence-electron chi connectivity index (χ3n) is 5.41. The molecule has 0 aliphatic rings. The first-order chi connectivity index (χ1) is 16.7. The highest BCUT2D eigenvalue weighted by Gasteiger charge is 2.18. The van der Waals surface area contributed by atoms with Gasteiger partial charge in [0.1, 0.15) is 17.1 Å². The van der Waals surface area contributed by atoms with E-state index in [1.807, 2.05) is 36.4 Å². The molecule has 0 aliphatic heterocycles. The predicted molar refractivity (Wildman–Crippen MR) is 135 cm³/mol. The van der Waals surface area contributed by atoms with E-state index >= 15 is 0 Å². The van der Waals surface area contributed by atoms with E-state index < -0.39 is 16.0 Å². The summed E-state index contributed by atoms with van der Waals surface area (Å²) in [5.41, 5.74) is 6.96. The molecule has 0 unspecified atom stereocenters. The maximum Gasteiger partial charge on any atom is 0.339 e. The largest absolute Gasteiger partial charge is 0.492 e. The molecule has 178 valence electrons. The monoisotopic (exact) mass is 489 g/mol. The minimum atomic E-state index is -3.93. The summed E-state index contributed by atoms with van der Waals surface area (Å²) < 4.78 is 33.9. The number of benzene rings is 4. The number of anilines is 1. The lowest BCUT2D eigenvalue weighted by molar-refractivity contribution is 0.0692. The number of rotatable bonds is 9. The fourth-order valence-corrected chi connectivity index (χ4v) is 4.65. The topological polar surface area (TPSA) is 143 Å². The highest BCUT2D eigenvalue weighted by atomic mass is 32.2. The molecular formula is C26H23N3O5S. The van der Waals surface area contributed by atoms with Crippen LogP contribution in [0.2, 0.25) is 0 Å². The van der Waals surface area contributed by atoms with Gasteiger partial charge in [-0.15, -0.1) is 0 Å². The molecule has 4 rings (SSSR count). The van der Waals surface area contributed by atoms with Gasteiger partial charge >= 0.3 is 5.97 Å². The van der Waals surface area contributed by atoms with Gasteiger partial charge in [-0.25, -0.2) is 13.2 Å². The number of sulfonamides is 1. The Labute approximate surface area is 202 Å². The van der Waals surface area contributed by atoms with Gasteiger partial charge in [0.15, 0.2) is 0 Å². The predicted octanol–water partition coefficient (Wildman–Crippen LogP) is 4.24. The second kappa shape index (κ2) is 9.86. The zero-order chi connectivity index (χ0) is 25.0. The Morgan fingerprint density at radius 3 is 2.34 bits per heavy atom. The smallest absolute Gasteiger partial charge is 0.339 e. The second-order valence-corrected chi connectivity index (χ2v) is 9.52. The molecule has 0 heterocycles. The first-order valence-electron chi connectivity index (χ1n) is 10.7. The maximum absolute atomic E-state index is 12.9. The first-order valence-corrected chi connectivity index (χ1v) is 12.2. The van der Waals surface area contributed by atoms with Crippen molar-refractivity contribution < 1.29 is 23.1 Å². The van der Waals surface area contributed by atoms with Crippen LogP contribution in [0, 0.1) is 5.41 Å². The van der Waals surface area contributed by atoms with Crippen molar-refractivity contribution in [2.45, 2.75) is 11.3 Å². The van der Waals surface area contributed by atoms with E-state index in [4.69, 9.17) is 15.9 Å². The number of aromatic carboxylic acids is 1. The van der Waals surface area contributed by atoms with Crippen LogP contribution in [-0.4, -0.2) is 31.9 Å². The second-order valence-electron chi connectivity index (χ2n) is 7.84. The van der Waals surface area contributed by atoms with Gasteiger partial charge in [0.2, 0.25) is 0 Å². The van der Waals surface area contributed by atoms with Crippen molar-refractivity contribution in [2.75, 3.05) is 11.3 Å². The number of nitrogen functional groups attached to an aromatic ring is 1. The molecule has 0 bridgehead atoms. The van der Waals surface area contributed by atoms with E-state index in [1.165, 1.54) is 24.3 Å². The van der Waals surface area contributed by atoms with Crippen LogP contribution < -0.4 is 15.2 Å². The third-order valence-corrected chi connectivity index (χ3v) is 6.79. The van der Waals surface area contributed by atoms with Crippen LogP contribution in [-0.2, 0) is 16.4 Å². The van der Waals surface area contributed by atoms with Gasteiger partial charge in [-0.05, 0) is 46.7 Å². The summed E-state index contributed by atoms with van der Waals surface area (Å²) >= 11 is 0. The lowest BCUT2D eigenvalue weighted by Gasteiger charge is -2.13. The van der Waals surface area contributed by atoms with Crippen molar-refractivity contribution in [2.24, 2.45) is 5.73 Å². The van der Waals surface area contributed by atoms with Crippen LogP contribution in [0.15, 0.2) is 89.8 Å². The number of carboxylic acids is 1. The summed E-state index contributed by atoms with van der Waals surface area (Å²) in [6.07, 6.45) is 0.508. The minimum Gasteiger partial charge on any atom is -0.492 e. The number of hydrogen-bond donors (Lipinski definition) is 4. The van der Waals surface area contributed by atoms with Crippen molar-refractivity contribution in [1.82, 2.24) is 0 Å². The number of amidine groups is 1. The van der Waals surface area contributed by atoms with Crippen LogP contribution in [0.3, 0.4) is 0 Å². The summed E-state index contributed by atoms with van der Waals surface area (Å²) in [4.78, 5) is 11.9. The molecule has 4 aromatic rings. The Kier molecular flexibility index (Phi) is 6.70. The summed E-state index contributed by atoms with van der Waals surface area (Å²) in [5.74, 6) is -1.13. The van der Waals surface area contributed by atoms with E-state index in [0.29, 0.717) is 12.0 Å². The Morgan fingerprint density at radius 1 is 0.943 bits per heavy atom. The molecule has 0 spiro atoms. The Balaban J connectivity index is 1.48. The number of ether oxygens (including phenoxy) is 1. The highest BCUT2D eigenvalue weighted by Crippen LogP contribution is 2.26. The third kappa shape index (κ3) is 5.59. The van der Waals surface area contributed by atoms with Crippen LogP contribution in [0.5, 0.6) is 5.75 Å². The summed E-state index contributed by atoms with van der Waals surface area (Å²) in [5, 5.41) is 18.8. The molecule has 0 aromatic heterocycles. The van der Waals surface area contributed by atoms with Crippen LogP contribution in [0.25, 0.3) is 10.8 Å². The van der Waals surface area contributed by atoms with Crippen molar-refractivity contribution in [3.8, 4) is 5.75 Å². The summed E-state index contributed by atoms with van der Waals surface area (Å²) in [6.45, 7) is 0.210. The molecule has 0 aliphatic carbocycles. The lowest BCUT2D eigenvalue weighted by atomic mass is 10.1. The van der Waals surface area contributed by atoms with E-state index in [9.17, 15) is 18.3 Å². The van der Waals surface area contributed by atoms with Crippen LogP contribution in [0.4, 0.5) is 5.69 Å². The SMILES string of the molecule is N=C(N)c1ccc(CCOc2ccc(NS(=O)(=O)c3ccc4ccccc4c3)cc2C(=O)O)cc1. The Morgan fingerprint density at radius 2 is 1.66 bits per heavy atom. The molecule has 5 N–H and O–H groups in total. The van der Waals surface area contributed by atoms with Crippen molar-refractivity contribution in [3.05, 3.63) is 102 Å². The summed E-state index contributed by atoms with van der Waals surface area (Å²) in [7, 11) is -3.93. The summed E-state index contributed by atoms with van der Waals surface area (Å²) in [6, 6.07) is 23.4. The molecule has 0 fully saturated rings. The van der Waals surface area contributed by atoms with E-state index in [1.54, 1.807) is 24.3 Å². The standard InChI is InChI=1S/C26H23N3O5S/c27-25(28)19-7-5-17(6-8-19)13-14-34-24-12-10-21(16-23(24)26(30)31)29-35(32,33)22-11-9-18-3-1-2-4-20(18)15-22/h1-12,15-16,29H,13-14H2,(H3,27,28)(H,30,31). The number of nitrogens with one attached hydrogen (secondary N) is 2. The molecular weight excluding hydrogens is 466 g/mol. The van der Waals surface area contributed by atoms with E-state index in [-0.39, 0.29) is 34.3 Å². The normalized spacial score (nSPS) is 11.2. The van der Waals surface area contributed by atoms with Gasteiger partial charge in [-0.2, -0.15) is 0 Å². The number of carboxylic acid groups (broad SMARTS) is 1. The maximum atomic E-state index is 12.9. The Bertz CT molecular complexity index is 1520.